The lowest BCUT2D eigenvalue weighted by molar-refractivity contribution is -0.167. The van der Waals surface area contributed by atoms with Crippen LogP contribution >= 0.6 is 0 Å². The molecular weight excluding hydrogens is 877 g/mol. The fourth-order valence-corrected chi connectivity index (χ4v) is 9.65. The third-order valence-electron chi connectivity index (χ3n) is 14.5. The van der Waals surface area contributed by atoms with Crippen molar-refractivity contribution in [1.82, 2.24) is 0 Å². The van der Waals surface area contributed by atoms with Gasteiger partial charge in [0.15, 0.2) is 6.10 Å². The van der Waals surface area contributed by atoms with Crippen LogP contribution in [0, 0.1) is 0 Å². The van der Waals surface area contributed by atoms with Gasteiger partial charge in [0.05, 0.1) is 0 Å². The number of ether oxygens (including phenoxy) is 3. The van der Waals surface area contributed by atoms with E-state index in [1.165, 1.54) is 244 Å². The zero-order chi connectivity index (χ0) is 51.4. The van der Waals surface area contributed by atoms with E-state index in [0.717, 1.165) is 70.6 Å². The lowest BCUT2D eigenvalue weighted by Crippen LogP contribution is -2.30. The van der Waals surface area contributed by atoms with Gasteiger partial charge in [-0.2, -0.15) is 0 Å². The highest BCUT2D eigenvalue weighted by molar-refractivity contribution is 5.71. The fourth-order valence-electron chi connectivity index (χ4n) is 9.65. The first-order chi connectivity index (χ1) is 35.0. The van der Waals surface area contributed by atoms with Crippen molar-refractivity contribution in [2.24, 2.45) is 0 Å². The van der Waals surface area contributed by atoms with Gasteiger partial charge in [0.2, 0.25) is 0 Å². The number of unbranched alkanes of at least 4 members (excludes halogenated alkanes) is 44. The molecule has 0 radical (unpaired) electrons. The van der Waals surface area contributed by atoms with E-state index in [4.69, 9.17) is 14.2 Å². The molecule has 0 saturated carbocycles. The number of hydrogen-bond donors (Lipinski definition) is 0. The van der Waals surface area contributed by atoms with E-state index in [1.54, 1.807) is 0 Å². The molecule has 0 amide bonds. The van der Waals surface area contributed by atoms with Gasteiger partial charge in [0, 0.05) is 19.3 Å². The molecule has 0 aromatic carbocycles. The molecule has 0 aromatic rings. The van der Waals surface area contributed by atoms with E-state index in [1.807, 2.05) is 0 Å². The number of allylic oxidation sites excluding steroid dienone is 4. The lowest BCUT2D eigenvalue weighted by atomic mass is 10.0. The van der Waals surface area contributed by atoms with Crippen LogP contribution in [-0.4, -0.2) is 37.2 Å². The van der Waals surface area contributed by atoms with E-state index in [-0.39, 0.29) is 31.1 Å². The Labute approximate surface area is 443 Å². The molecule has 0 aliphatic rings. The second-order valence-corrected chi connectivity index (χ2v) is 21.7. The molecular formula is C65H122O6. The molecule has 0 aliphatic heterocycles. The summed E-state index contributed by atoms with van der Waals surface area (Å²) in [6.45, 7) is 6.61. The summed E-state index contributed by atoms with van der Waals surface area (Å²) in [6, 6.07) is 0. The molecule has 6 heteroatoms. The first-order valence-corrected chi connectivity index (χ1v) is 31.8. The maximum absolute atomic E-state index is 12.8. The summed E-state index contributed by atoms with van der Waals surface area (Å²) in [5.41, 5.74) is 0. The summed E-state index contributed by atoms with van der Waals surface area (Å²) < 4.78 is 16.8. The van der Waals surface area contributed by atoms with Crippen molar-refractivity contribution in [2.45, 2.75) is 361 Å². The molecule has 0 heterocycles. The second kappa shape index (κ2) is 60.4. The Morgan fingerprint density at radius 3 is 0.775 bits per heavy atom. The van der Waals surface area contributed by atoms with Gasteiger partial charge in [-0.1, -0.05) is 308 Å². The summed E-state index contributed by atoms with van der Waals surface area (Å²) in [5, 5.41) is 0. The van der Waals surface area contributed by atoms with Crippen LogP contribution in [0.2, 0.25) is 0 Å². The van der Waals surface area contributed by atoms with Gasteiger partial charge < -0.3 is 14.2 Å². The smallest absolute Gasteiger partial charge is 0.306 e. The van der Waals surface area contributed by atoms with Gasteiger partial charge in [-0.25, -0.2) is 0 Å². The first-order valence-electron chi connectivity index (χ1n) is 31.8. The van der Waals surface area contributed by atoms with Crippen LogP contribution in [0.3, 0.4) is 0 Å². The Balaban J connectivity index is 3.99. The van der Waals surface area contributed by atoms with Crippen molar-refractivity contribution in [1.29, 1.82) is 0 Å². The molecule has 71 heavy (non-hydrogen) atoms. The van der Waals surface area contributed by atoms with Gasteiger partial charge in [-0.05, 0) is 51.4 Å². The quantitative estimate of drug-likeness (QED) is 0.0261. The molecule has 0 aliphatic carbocycles. The molecule has 418 valence electrons. The van der Waals surface area contributed by atoms with Crippen LogP contribution < -0.4 is 0 Å². The summed E-state index contributed by atoms with van der Waals surface area (Å²) in [4.78, 5) is 37.9. The summed E-state index contributed by atoms with van der Waals surface area (Å²) in [6.07, 6.45) is 72.4. The number of carbonyl (C=O) groups is 3. The highest BCUT2D eigenvalue weighted by Crippen LogP contribution is 2.18. The minimum Gasteiger partial charge on any atom is -0.462 e. The zero-order valence-electron chi connectivity index (χ0n) is 48.0. The normalized spacial score (nSPS) is 12.1. The van der Waals surface area contributed by atoms with E-state index in [2.05, 4.69) is 45.1 Å². The van der Waals surface area contributed by atoms with Crippen LogP contribution in [0.4, 0.5) is 0 Å². The minimum atomic E-state index is -0.764. The van der Waals surface area contributed by atoms with Gasteiger partial charge in [0.25, 0.3) is 0 Å². The molecule has 0 N–H and O–H groups in total. The maximum Gasteiger partial charge on any atom is 0.306 e. The van der Waals surface area contributed by atoms with Gasteiger partial charge in [-0.15, -0.1) is 0 Å². The predicted molar refractivity (Wildman–Crippen MR) is 307 cm³/mol. The van der Waals surface area contributed by atoms with Gasteiger partial charge in [0.1, 0.15) is 13.2 Å². The van der Waals surface area contributed by atoms with Crippen molar-refractivity contribution in [3.8, 4) is 0 Å². The molecule has 0 bridgehead atoms. The zero-order valence-corrected chi connectivity index (χ0v) is 48.0. The Kier molecular flexibility index (Phi) is 58.6. The number of esters is 3. The molecule has 0 rings (SSSR count). The minimum absolute atomic E-state index is 0.0669. The topological polar surface area (TPSA) is 78.9 Å². The molecule has 0 spiro atoms. The fraction of sp³-hybridized carbons (Fsp3) is 0.892. The van der Waals surface area contributed by atoms with Crippen molar-refractivity contribution >= 4 is 17.9 Å². The van der Waals surface area contributed by atoms with Crippen molar-refractivity contribution in [3.05, 3.63) is 24.3 Å². The molecule has 0 fully saturated rings. The number of carbonyl (C=O) groups excluding carboxylic acids is 3. The summed E-state index contributed by atoms with van der Waals surface area (Å²) in [5.74, 6) is -0.858. The second-order valence-electron chi connectivity index (χ2n) is 21.7. The Hall–Kier alpha value is -2.11. The van der Waals surface area contributed by atoms with Gasteiger partial charge >= 0.3 is 17.9 Å². The monoisotopic (exact) mass is 999 g/mol. The number of rotatable bonds is 59. The van der Waals surface area contributed by atoms with Crippen molar-refractivity contribution in [2.75, 3.05) is 13.2 Å². The summed E-state index contributed by atoms with van der Waals surface area (Å²) in [7, 11) is 0. The van der Waals surface area contributed by atoms with E-state index in [0.29, 0.717) is 19.3 Å². The van der Waals surface area contributed by atoms with E-state index >= 15 is 0 Å². The predicted octanol–water partition coefficient (Wildman–Crippen LogP) is 21.4. The largest absolute Gasteiger partial charge is 0.462 e. The molecule has 1 unspecified atom stereocenters. The summed E-state index contributed by atoms with van der Waals surface area (Å²) >= 11 is 0. The highest BCUT2D eigenvalue weighted by Gasteiger charge is 2.19. The van der Waals surface area contributed by atoms with Gasteiger partial charge in [-0.3, -0.25) is 14.4 Å². The maximum atomic E-state index is 12.8. The Morgan fingerprint density at radius 2 is 0.507 bits per heavy atom. The van der Waals surface area contributed by atoms with Crippen LogP contribution in [0.1, 0.15) is 355 Å². The third kappa shape index (κ3) is 58.7. The van der Waals surface area contributed by atoms with E-state index < -0.39 is 6.10 Å². The van der Waals surface area contributed by atoms with Crippen molar-refractivity contribution in [3.63, 3.8) is 0 Å². The van der Waals surface area contributed by atoms with Crippen LogP contribution in [0.5, 0.6) is 0 Å². The standard InChI is InChI=1S/C65H122O6/c1-4-7-10-13-15-17-19-21-23-25-27-29-31-32-34-35-37-39-41-43-45-47-49-52-55-58-64(67)70-61-62(60-69-63(66)57-54-51-12-9-6-3)71-65(68)59-56-53-50-48-46-44-42-40-38-36-33-30-28-26-24-22-20-18-16-14-11-8-5-2/h19,21,25,27,62H,4-18,20,22-24,26,28-61H2,1-3H3/b21-19-,27-25-. The molecule has 0 aromatic heterocycles. The average Bonchev–Trinajstić information content (AvgIpc) is 3.37. The Bertz CT molecular complexity index is 1150. The van der Waals surface area contributed by atoms with Crippen LogP contribution in [-0.2, 0) is 28.6 Å². The molecule has 0 saturated heterocycles. The lowest BCUT2D eigenvalue weighted by Gasteiger charge is -2.18. The Morgan fingerprint density at radius 1 is 0.282 bits per heavy atom. The third-order valence-corrected chi connectivity index (χ3v) is 14.5. The average molecular weight is 1000 g/mol. The van der Waals surface area contributed by atoms with E-state index in [9.17, 15) is 14.4 Å². The first kappa shape index (κ1) is 68.9. The van der Waals surface area contributed by atoms with Crippen LogP contribution in [0.15, 0.2) is 24.3 Å². The SMILES string of the molecule is CCCCCCC/C=C\C/C=C\CCCCCCCCCCCCCCCC(=O)OCC(COC(=O)CCCCCCC)OC(=O)CCCCCCCCCCCCCCCCCCCCCCCCC. The molecule has 6 nitrogen and oxygen atoms in total. The van der Waals surface area contributed by atoms with Crippen molar-refractivity contribution < 1.29 is 28.6 Å². The number of hydrogen-bond acceptors (Lipinski definition) is 6. The highest BCUT2D eigenvalue weighted by atomic mass is 16.6. The molecule has 1 atom stereocenters. The van der Waals surface area contributed by atoms with Crippen LogP contribution in [0.25, 0.3) is 0 Å².